The van der Waals surface area contributed by atoms with Crippen LogP contribution in [0.3, 0.4) is 0 Å². The first-order chi connectivity index (χ1) is 6.49. The van der Waals surface area contributed by atoms with Crippen molar-refractivity contribution in [1.82, 2.24) is 0 Å². The van der Waals surface area contributed by atoms with Gasteiger partial charge in [-0.15, -0.1) is 0 Å². The molecule has 0 spiro atoms. The third kappa shape index (κ3) is 2.30. The van der Waals surface area contributed by atoms with E-state index in [0.717, 1.165) is 5.02 Å². The van der Waals surface area contributed by atoms with Crippen molar-refractivity contribution in [2.24, 2.45) is 0 Å². The molecule has 0 aliphatic heterocycles. The summed E-state index contributed by atoms with van der Waals surface area (Å²) in [5.74, 6) is 0. The monoisotopic (exact) mass is 210 g/mol. The Balaban J connectivity index is 3.12. The van der Waals surface area contributed by atoms with Crippen LogP contribution in [0.25, 0.3) is 0 Å². The minimum atomic E-state index is 0.240. The van der Waals surface area contributed by atoms with Gasteiger partial charge in [-0.2, -0.15) is 0 Å². The Morgan fingerprint density at radius 1 is 1.29 bits per heavy atom. The summed E-state index contributed by atoms with van der Waals surface area (Å²) in [6.07, 6.45) is 2.41. The van der Waals surface area contributed by atoms with Crippen LogP contribution in [0.15, 0.2) is 18.2 Å². The number of benzene rings is 1. The van der Waals surface area contributed by atoms with Crippen LogP contribution in [-0.2, 0) is 5.41 Å². The standard InChI is InChI=1S/C13H19Cl/c1-5-9-13(3,4)11-7-6-8-12(14)10(11)2/h6-8H,5,9H2,1-4H3. The largest absolute Gasteiger partial charge is 0.0840 e. The third-order valence-corrected chi connectivity index (χ3v) is 3.28. The molecule has 1 aromatic rings. The van der Waals surface area contributed by atoms with Crippen molar-refractivity contribution < 1.29 is 0 Å². The zero-order chi connectivity index (χ0) is 10.8. The second-order valence-electron chi connectivity index (χ2n) is 4.55. The molecule has 1 aromatic carbocycles. The van der Waals surface area contributed by atoms with Gasteiger partial charge in [0.1, 0.15) is 0 Å². The van der Waals surface area contributed by atoms with E-state index in [2.05, 4.69) is 33.8 Å². The smallest absolute Gasteiger partial charge is 0.0438 e. The molecule has 0 saturated carbocycles. The van der Waals surface area contributed by atoms with Crippen LogP contribution in [0.2, 0.25) is 5.02 Å². The molecule has 0 heterocycles. The summed E-state index contributed by atoms with van der Waals surface area (Å²) >= 11 is 6.12. The second kappa shape index (κ2) is 4.35. The predicted molar refractivity (Wildman–Crippen MR) is 64.1 cm³/mol. The average Bonchev–Trinajstić information content (AvgIpc) is 2.09. The van der Waals surface area contributed by atoms with Crippen molar-refractivity contribution in [3.05, 3.63) is 34.3 Å². The Bertz CT molecular complexity index is 313. The van der Waals surface area contributed by atoms with Gasteiger partial charge in [0.05, 0.1) is 0 Å². The molecule has 0 amide bonds. The molecule has 1 rings (SSSR count). The van der Waals surface area contributed by atoms with Gasteiger partial charge in [0, 0.05) is 5.02 Å². The molecule has 0 aromatic heterocycles. The van der Waals surface area contributed by atoms with Gasteiger partial charge >= 0.3 is 0 Å². The highest BCUT2D eigenvalue weighted by atomic mass is 35.5. The van der Waals surface area contributed by atoms with Crippen molar-refractivity contribution in [2.75, 3.05) is 0 Å². The first kappa shape index (κ1) is 11.6. The fraction of sp³-hybridized carbons (Fsp3) is 0.538. The van der Waals surface area contributed by atoms with Gasteiger partial charge in [0.15, 0.2) is 0 Å². The first-order valence-corrected chi connectivity index (χ1v) is 5.62. The summed E-state index contributed by atoms with van der Waals surface area (Å²) in [7, 11) is 0. The molecule has 1 heteroatoms. The molecule has 0 aliphatic rings. The van der Waals surface area contributed by atoms with E-state index in [1.54, 1.807) is 0 Å². The summed E-state index contributed by atoms with van der Waals surface area (Å²) in [6.45, 7) is 8.90. The third-order valence-electron chi connectivity index (χ3n) is 2.87. The van der Waals surface area contributed by atoms with Gasteiger partial charge in [-0.3, -0.25) is 0 Å². The molecular formula is C13H19Cl. The Morgan fingerprint density at radius 3 is 2.50 bits per heavy atom. The lowest BCUT2D eigenvalue weighted by Crippen LogP contribution is -2.18. The van der Waals surface area contributed by atoms with E-state index >= 15 is 0 Å². The Hall–Kier alpha value is -0.490. The van der Waals surface area contributed by atoms with Crippen LogP contribution < -0.4 is 0 Å². The van der Waals surface area contributed by atoms with Crippen molar-refractivity contribution in [3.63, 3.8) is 0 Å². The molecule has 14 heavy (non-hydrogen) atoms. The zero-order valence-electron chi connectivity index (χ0n) is 9.52. The maximum absolute atomic E-state index is 6.12. The van der Waals surface area contributed by atoms with E-state index in [-0.39, 0.29) is 5.41 Å². The minimum absolute atomic E-state index is 0.240. The molecule has 0 N–H and O–H groups in total. The van der Waals surface area contributed by atoms with E-state index in [9.17, 15) is 0 Å². The van der Waals surface area contributed by atoms with Crippen molar-refractivity contribution in [2.45, 2.75) is 46.0 Å². The normalized spacial score (nSPS) is 11.8. The van der Waals surface area contributed by atoms with E-state index in [4.69, 9.17) is 11.6 Å². The van der Waals surface area contributed by atoms with Crippen LogP contribution in [0.4, 0.5) is 0 Å². The van der Waals surface area contributed by atoms with Crippen molar-refractivity contribution >= 4 is 11.6 Å². The average molecular weight is 211 g/mol. The SMILES string of the molecule is CCCC(C)(C)c1cccc(Cl)c1C. The summed E-state index contributed by atoms with van der Waals surface area (Å²) in [4.78, 5) is 0. The van der Waals surface area contributed by atoms with Gasteiger partial charge in [0.2, 0.25) is 0 Å². The molecule has 0 nitrogen and oxygen atoms in total. The Kier molecular flexibility index (Phi) is 3.60. The maximum atomic E-state index is 6.12. The molecule has 0 fully saturated rings. The van der Waals surface area contributed by atoms with Gasteiger partial charge in [-0.25, -0.2) is 0 Å². The lowest BCUT2D eigenvalue weighted by molar-refractivity contribution is 0.471. The van der Waals surface area contributed by atoms with Gasteiger partial charge in [-0.05, 0) is 36.0 Å². The fourth-order valence-corrected chi connectivity index (χ4v) is 2.27. The summed E-state index contributed by atoms with van der Waals surface area (Å²) in [6, 6.07) is 6.20. The van der Waals surface area contributed by atoms with Crippen LogP contribution in [0.5, 0.6) is 0 Å². The van der Waals surface area contributed by atoms with Crippen molar-refractivity contribution in [1.29, 1.82) is 0 Å². The first-order valence-electron chi connectivity index (χ1n) is 5.24. The topological polar surface area (TPSA) is 0 Å². The predicted octanol–water partition coefficient (Wildman–Crippen LogP) is 4.73. The molecule has 0 atom stereocenters. The van der Waals surface area contributed by atoms with Gasteiger partial charge in [-0.1, -0.05) is 50.9 Å². The van der Waals surface area contributed by atoms with Crippen molar-refractivity contribution in [3.8, 4) is 0 Å². The van der Waals surface area contributed by atoms with E-state index in [1.165, 1.54) is 24.0 Å². The number of halogens is 1. The van der Waals surface area contributed by atoms with E-state index in [1.807, 2.05) is 12.1 Å². The second-order valence-corrected chi connectivity index (χ2v) is 4.95. The van der Waals surface area contributed by atoms with Gasteiger partial charge < -0.3 is 0 Å². The Labute approximate surface area is 92.3 Å². The van der Waals surface area contributed by atoms with Gasteiger partial charge in [0.25, 0.3) is 0 Å². The number of hydrogen-bond donors (Lipinski definition) is 0. The quantitative estimate of drug-likeness (QED) is 0.677. The Morgan fingerprint density at radius 2 is 1.93 bits per heavy atom. The molecule has 78 valence electrons. The van der Waals surface area contributed by atoms with E-state index < -0.39 is 0 Å². The van der Waals surface area contributed by atoms with Crippen LogP contribution in [0.1, 0.15) is 44.7 Å². The van der Waals surface area contributed by atoms with E-state index in [0.29, 0.717) is 0 Å². The highest BCUT2D eigenvalue weighted by molar-refractivity contribution is 6.31. The lowest BCUT2D eigenvalue weighted by Gasteiger charge is -2.27. The molecule has 0 radical (unpaired) electrons. The summed E-state index contributed by atoms with van der Waals surface area (Å²) < 4.78 is 0. The minimum Gasteiger partial charge on any atom is -0.0840 e. The molecular weight excluding hydrogens is 192 g/mol. The maximum Gasteiger partial charge on any atom is 0.0438 e. The highest BCUT2D eigenvalue weighted by Gasteiger charge is 2.21. The highest BCUT2D eigenvalue weighted by Crippen LogP contribution is 2.33. The molecule has 0 aliphatic carbocycles. The van der Waals surface area contributed by atoms with Crippen LogP contribution >= 0.6 is 11.6 Å². The molecule has 0 unspecified atom stereocenters. The summed E-state index contributed by atoms with van der Waals surface area (Å²) in [5.41, 5.74) is 2.85. The molecule has 0 bridgehead atoms. The number of rotatable bonds is 3. The molecule has 0 saturated heterocycles. The fourth-order valence-electron chi connectivity index (χ4n) is 2.10. The zero-order valence-corrected chi connectivity index (χ0v) is 10.3. The summed E-state index contributed by atoms with van der Waals surface area (Å²) in [5, 5.41) is 0.881. The lowest BCUT2D eigenvalue weighted by atomic mass is 9.79. The van der Waals surface area contributed by atoms with Crippen LogP contribution in [0, 0.1) is 6.92 Å². The number of hydrogen-bond acceptors (Lipinski definition) is 0. The van der Waals surface area contributed by atoms with Crippen LogP contribution in [-0.4, -0.2) is 0 Å².